The third-order valence-electron chi connectivity index (χ3n) is 3.93. The molecule has 0 aromatic heterocycles. The van der Waals surface area contributed by atoms with Crippen LogP contribution in [0.5, 0.6) is 0 Å². The summed E-state index contributed by atoms with van der Waals surface area (Å²) in [5.74, 6) is -1.51. The summed E-state index contributed by atoms with van der Waals surface area (Å²) in [4.78, 5) is 39.0. The fourth-order valence-corrected chi connectivity index (χ4v) is 2.75. The molecule has 0 N–H and O–H groups in total. The molecule has 1 aliphatic heterocycles. The van der Waals surface area contributed by atoms with Gasteiger partial charge in [-0.25, -0.2) is 4.39 Å². The van der Waals surface area contributed by atoms with E-state index in [1.807, 2.05) is 0 Å². The number of carbonyl (C=O) groups is 3. The first kappa shape index (κ1) is 15.9. The van der Waals surface area contributed by atoms with E-state index in [1.165, 1.54) is 30.0 Å². The highest BCUT2D eigenvalue weighted by molar-refractivity contribution is 6.21. The number of carbonyl (C=O) groups excluding carboxylic acids is 3. The SMILES string of the molecule is CC(=O)N(CCN1C(=O)c2ccccc2C1=O)c1cccc(F)c1. The van der Waals surface area contributed by atoms with Crippen molar-refractivity contribution in [3.05, 3.63) is 65.5 Å². The van der Waals surface area contributed by atoms with Crippen molar-refractivity contribution in [1.29, 1.82) is 0 Å². The standard InChI is InChI=1S/C18H15FN2O3/c1-12(22)20(14-6-4-5-13(19)11-14)9-10-21-17(23)15-7-2-3-8-16(15)18(21)24/h2-8,11H,9-10H2,1H3. The number of fused-ring (bicyclic) bond motifs is 1. The van der Waals surface area contributed by atoms with Gasteiger partial charge in [-0.2, -0.15) is 0 Å². The van der Waals surface area contributed by atoms with Crippen LogP contribution in [0.1, 0.15) is 27.6 Å². The fraction of sp³-hybridized carbons (Fsp3) is 0.167. The van der Waals surface area contributed by atoms with E-state index in [4.69, 9.17) is 0 Å². The maximum absolute atomic E-state index is 13.4. The molecule has 3 amide bonds. The number of hydrogen-bond acceptors (Lipinski definition) is 3. The van der Waals surface area contributed by atoms with Gasteiger partial charge in [0.2, 0.25) is 5.91 Å². The highest BCUT2D eigenvalue weighted by Gasteiger charge is 2.35. The molecule has 3 rings (SSSR count). The highest BCUT2D eigenvalue weighted by atomic mass is 19.1. The van der Waals surface area contributed by atoms with Gasteiger partial charge in [0.05, 0.1) is 11.1 Å². The van der Waals surface area contributed by atoms with Crippen molar-refractivity contribution in [3.63, 3.8) is 0 Å². The summed E-state index contributed by atoms with van der Waals surface area (Å²) < 4.78 is 13.4. The van der Waals surface area contributed by atoms with E-state index in [9.17, 15) is 18.8 Å². The molecule has 0 aliphatic carbocycles. The van der Waals surface area contributed by atoms with E-state index >= 15 is 0 Å². The first-order chi connectivity index (χ1) is 11.5. The molecular formula is C18H15FN2O3. The molecule has 0 saturated heterocycles. The monoisotopic (exact) mass is 326 g/mol. The van der Waals surface area contributed by atoms with Crippen molar-refractivity contribution < 1.29 is 18.8 Å². The number of nitrogens with zero attached hydrogens (tertiary/aromatic N) is 2. The van der Waals surface area contributed by atoms with E-state index in [0.717, 1.165) is 4.90 Å². The number of amides is 3. The van der Waals surface area contributed by atoms with Crippen LogP contribution in [0.25, 0.3) is 0 Å². The van der Waals surface area contributed by atoms with Gasteiger partial charge in [-0.1, -0.05) is 18.2 Å². The third-order valence-corrected chi connectivity index (χ3v) is 3.93. The Balaban J connectivity index is 1.78. The smallest absolute Gasteiger partial charge is 0.261 e. The number of benzene rings is 2. The van der Waals surface area contributed by atoms with Crippen LogP contribution >= 0.6 is 0 Å². The summed E-state index contributed by atoms with van der Waals surface area (Å²) in [6.07, 6.45) is 0. The normalized spacial score (nSPS) is 13.2. The topological polar surface area (TPSA) is 57.7 Å². The average molecular weight is 326 g/mol. The Morgan fingerprint density at radius 1 is 1.04 bits per heavy atom. The Hall–Kier alpha value is -3.02. The second kappa shape index (κ2) is 6.23. The summed E-state index contributed by atoms with van der Waals surface area (Å²) in [5, 5.41) is 0. The zero-order valence-electron chi connectivity index (χ0n) is 13.0. The fourth-order valence-electron chi connectivity index (χ4n) is 2.75. The summed E-state index contributed by atoms with van der Waals surface area (Å²) in [5.41, 5.74) is 1.12. The Morgan fingerprint density at radius 3 is 2.21 bits per heavy atom. The van der Waals surface area contributed by atoms with Gasteiger partial charge in [0, 0.05) is 25.7 Å². The van der Waals surface area contributed by atoms with Crippen molar-refractivity contribution in [3.8, 4) is 0 Å². The van der Waals surface area contributed by atoms with Crippen LogP contribution in [-0.2, 0) is 4.79 Å². The molecule has 122 valence electrons. The summed E-state index contributed by atoms with van der Waals surface area (Å²) in [6.45, 7) is 1.50. The van der Waals surface area contributed by atoms with Gasteiger partial charge < -0.3 is 4.90 Å². The van der Waals surface area contributed by atoms with Gasteiger partial charge in [-0.3, -0.25) is 19.3 Å². The molecule has 1 aliphatic rings. The average Bonchev–Trinajstić information content (AvgIpc) is 2.80. The largest absolute Gasteiger partial charge is 0.311 e. The molecular weight excluding hydrogens is 311 g/mol. The lowest BCUT2D eigenvalue weighted by Gasteiger charge is -2.24. The van der Waals surface area contributed by atoms with Crippen LogP contribution in [0.4, 0.5) is 10.1 Å². The minimum Gasteiger partial charge on any atom is -0.311 e. The van der Waals surface area contributed by atoms with Gasteiger partial charge in [0.1, 0.15) is 5.82 Å². The molecule has 1 heterocycles. The van der Waals surface area contributed by atoms with E-state index in [2.05, 4.69) is 0 Å². The predicted molar refractivity (Wildman–Crippen MR) is 86.2 cm³/mol. The summed E-state index contributed by atoms with van der Waals surface area (Å²) >= 11 is 0. The van der Waals surface area contributed by atoms with Crippen molar-refractivity contribution in [2.45, 2.75) is 6.92 Å². The van der Waals surface area contributed by atoms with Gasteiger partial charge in [-0.15, -0.1) is 0 Å². The van der Waals surface area contributed by atoms with Crippen LogP contribution in [0, 0.1) is 5.82 Å². The lowest BCUT2D eigenvalue weighted by molar-refractivity contribution is -0.116. The Labute approximate surface area is 138 Å². The van der Waals surface area contributed by atoms with Gasteiger partial charge in [-0.05, 0) is 30.3 Å². The van der Waals surface area contributed by atoms with Crippen molar-refractivity contribution >= 4 is 23.4 Å². The molecule has 24 heavy (non-hydrogen) atoms. The van der Waals surface area contributed by atoms with E-state index in [1.54, 1.807) is 30.3 Å². The zero-order valence-corrected chi connectivity index (χ0v) is 13.0. The van der Waals surface area contributed by atoms with E-state index in [-0.39, 0.29) is 30.8 Å². The molecule has 0 fully saturated rings. The minimum atomic E-state index is -0.459. The molecule has 0 saturated carbocycles. The van der Waals surface area contributed by atoms with E-state index < -0.39 is 5.82 Å². The first-order valence-corrected chi connectivity index (χ1v) is 7.48. The van der Waals surface area contributed by atoms with Gasteiger partial charge in [0.15, 0.2) is 0 Å². The Bertz CT molecular complexity index is 800. The lowest BCUT2D eigenvalue weighted by Crippen LogP contribution is -2.40. The third kappa shape index (κ3) is 2.78. The van der Waals surface area contributed by atoms with E-state index in [0.29, 0.717) is 16.8 Å². The number of imide groups is 1. The second-order valence-electron chi connectivity index (χ2n) is 5.46. The van der Waals surface area contributed by atoms with Gasteiger partial charge >= 0.3 is 0 Å². The van der Waals surface area contributed by atoms with Crippen LogP contribution in [0.15, 0.2) is 48.5 Å². The quantitative estimate of drug-likeness (QED) is 0.811. The van der Waals surface area contributed by atoms with Crippen molar-refractivity contribution in [2.75, 3.05) is 18.0 Å². The molecule has 6 heteroatoms. The Kier molecular flexibility index (Phi) is 4.12. The number of anilines is 1. The maximum atomic E-state index is 13.4. The zero-order chi connectivity index (χ0) is 17.3. The maximum Gasteiger partial charge on any atom is 0.261 e. The summed E-state index contributed by atoms with van der Waals surface area (Å²) in [7, 11) is 0. The molecule has 0 atom stereocenters. The summed E-state index contributed by atoms with van der Waals surface area (Å²) in [6, 6.07) is 12.2. The second-order valence-corrected chi connectivity index (χ2v) is 5.46. The number of halogens is 1. The number of hydrogen-bond donors (Lipinski definition) is 0. The lowest BCUT2D eigenvalue weighted by atomic mass is 10.1. The highest BCUT2D eigenvalue weighted by Crippen LogP contribution is 2.23. The van der Waals surface area contributed by atoms with Crippen molar-refractivity contribution in [1.82, 2.24) is 4.90 Å². The van der Waals surface area contributed by atoms with Crippen LogP contribution in [-0.4, -0.2) is 35.7 Å². The molecule has 0 radical (unpaired) electrons. The predicted octanol–water partition coefficient (Wildman–Crippen LogP) is 2.47. The molecule has 2 aromatic rings. The molecule has 0 bridgehead atoms. The van der Waals surface area contributed by atoms with Gasteiger partial charge in [0.25, 0.3) is 11.8 Å². The molecule has 5 nitrogen and oxygen atoms in total. The number of rotatable bonds is 4. The van der Waals surface area contributed by atoms with Crippen molar-refractivity contribution in [2.24, 2.45) is 0 Å². The first-order valence-electron chi connectivity index (χ1n) is 7.48. The van der Waals surface area contributed by atoms with Crippen LogP contribution < -0.4 is 4.90 Å². The molecule has 0 spiro atoms. The Morgan fingerprint density at radius 2 is 1.67 bits per heavy atom. The van der Waals surface area contributed by atoms with Crippen LogP contribution in [0.2, 0.25) is 0 Å². The molecule has 2 aromatic carbocycles. The molecule has 0 unspecified atom stereocenters. The van der Waals surface area contributed by atoms with Crippen LogP contribution in [0.3, 0.4) is 0 Å². The minimum absolute atomic E-state index is 0.0441.